The van der Waals surface area contributed by atoms with Gasteiger partial charge in [0.2, 0.25) is 11.8 Å². The molecule has 0 saturated heterocycles. The molecule has 0 aromatic carbocycles. The van der Waals surface area contributed by atoms with E-state index in [0.717, 1.165) is 12.0 Å². The normalized spacial score (nSPS) is 15.1. The lowest BCUT2D eigenvalue weighted by atomic mass is 10.1. The molecule has 4 N–H and O–H groups in total. The van der Waals surface area contributed by atoms with Gasteiger partial charge in [0.1, 0.15) is 18.1 Å². The number of carbonyl (C=O) groups is 4. The van der Waals surface area contributed by atoms with E-state index in [9.17, 15) is 36.7 Å². The van der Waals surface area contributed by atoms with Crippen molar-refractivity contribution in [2.45, 2.75) is 82.9 Å². The van der Waals surface area contributed by atoms with Gasteiger partial charge in [-0.3, -0.25) is 29.1 Å². The molecule has 1 saturated carbocycles. The van der Waals surface area contributed by atoms with Gasteiger partial charge in [-0.1, -0.05) is 10.4 Å². The van der Waals surface area contributed by atoms with Crippen LogP contribution in [-0.4, -0.2) is 117 Å². The van der Waals surface area contributed by atoms with E-state index in [1.165, 1.54) is 53.2 Å². The maximum absolute atomic E-state index is 14.9. The minimum absolute atomic E-state index is 0.0129. The highest BCUT2D eigenvalue weighted by Crippen LogP contribution is 2.47. The van der Waals surface area contributed by atoms with E-state index in [0.29, 0.717) is 30.0 Å². The summed E-state index contributed by atoms with van der Waals surface area (Å²) in [5, 5.41) is 41.9. The van der Waals surface area contributed by atoms with E-state index >= 15 is 0 Å². The molecule has 0 spiro atoms. The number of aromatic nitrogens is 12. The summed E-state index contributed by atoms with van der Waals surface area (Å²) >= 11 is 0. The number of nitrogens with one attached hydrogen (secondary N) is 4. The number of anilines is 2. The molecule has 6 aromatic rings. The number of halogens is 4. The van der Waals surface area contributed by atoms with Crippen LogP contribution < -0.4 is 26.0 Å². The van der Waals surface area contributed by atoms with Gasteiger partial charge in [0.05, 0.1) is 55.4 Å². The van der Waals surface area contributed by atoms with E-state index in [4.69, 9.17) is 0 Å². The van der Waals surface area contributed by atoms with Crippen LogP contribution >= 0.6 is 0 Å². The second-order valence-corrected chi connectivity index (χ2v) is 15.5. The highest BCUT2D eigenvalue weighted by Gasteiger charge is 2.38. The lowest BCUT2D eigenvalue weighted by Crippen LogP contribution is -2.26. The van der Waals surface area contributed by atoms with Crippen molar-refractivity contribution in [1.29, 1.82) is 0 Å². The maximum atomic E-state index is 14.9. The molecule has 67 heavy (non-hydrogen) atoms. The molecule has 6 heterocycles. The third kappa shape index (κ3) is 14.3. The van der Waals surface area contributed by atoms with Crippen molar-refractivity contribution < 1.29 is 41.5 Å². The van der Waals surface area contributed by atoms with Gasteiger partial charge in [-0.05, 0) is 92.0 Å². The van der Waals surface area contributed by atoms with E-state index < -0.39 is 36.7 Å². The van der Waals surface area contributed by atoms with Crippen LogP contribution in [0.15, 0.2) is 73.3 Å². The molecule has 0 bridgehead atoms. The van der Waals surface area contributed by atoms with Crippen LogP contribution in [0.4, 0.5) is 29.2 Å². The molecule has 1 aliphatic carbocycles. The number of amides is 4. The average Bonchev–Trinajstić information content (AvgIpc) is 3.67. The third-order valence-electron chi connectivity index (χ3n) is 10.4. The second-order valence-electron chi connectivity index (χ2n) is 15.5. The SMILES string of the molecule is CNC(=O)c1cn(C[C@H](F)CCc2ccc(NC(=O)Cc3cc(C4CC4CNC(=O)c4cn(CC(F)CCc5ccc(NC(=O)Cc6cc(OC(F)F)ccn6)nn5)nn4)ccn3)nn2)nn1. The summed E-state index contributed by atoms with van der Waals surface area (Å²) in [5.41, 5.74) is 2.90. The number of carbonyl (C=O) groups excluding carboxylic acids is 4. The number of alkyl halides is 4. The molecule has 25 heteroatoms. The van der Waals surface area contributed by atoms with Crippen molar-refractivity contribution in [2.24, 2.45) is 5.92 Å². The Morgan fingerprint density at radius 2 is 1.24 bits per heavy atom. The Balaban J connectivity index is 0.774. The Morgan fingerprint density at radius 3 is 1.78 bits per heavy atom. The van der Waals surface area contributed by atoms with Crippen LogP contribution in [0.3, 0.4) is 0 Å². The smallest absolute Gasteiger partial charge is 0.387 e. The van der Waals surface area contributed by atoms with Gasteiger partial charge in [0, 0.05) is 37.7 Å². The third-order valence-corrected chi connectivity index (χ3v) is 10.4. The molecule has 21 nitrogen and oxygen atoms in total. The molecule has 7 rings (SSSR count). The number of nitrogens with zero attached hydrogens (tertiary/aromatic N) is 12. The fourth-order valence-corrected chi connectivity index (χ4v) is 6.88. The lowest BCUT2D eigenvalue weighted by Gasteiger charge is -2.08. The summed E-state index contributed by atoms with van der Waals surface area (Å²) in [7, 11) is 1.46. The maximum Gasteiger partial charge on any atom is 0.387 e. The Kier molecular flexibility index (Phi) is 15.7. The number of pyridine rings is 2. The Labute approximate surface area is 378 Å². The van der Waals surface area contributed by atoms with Crippen molar-refractivity contribution in [2.75, 3.05) is 24.2 Å². The number of hydrogen-bond donors (Lipinski definition) is 4. The molecular weight excluding hydrogens is 885 g/mol. The topological polar surface area (TPSA) is 264 Å². The lowest BCUT2D eigenvalue weighted by molar-refractivity contribution is -0.116. The summed E-state index contributed by atoms with van der Waals surface area (Å²) < 4.78 is 61.3. The summed E-state index contributed by atoms with van der Waals surface area (Å²) in [6, 6.07) is 12.5. The van der Waals surface area contributed by atoms with Crippen LogP contribution in [0.1, 0.15) is 74.5 Å². The van der Waals surface area contributed by atoms with Crippen molar-refractivity contribution in [3.05, 3.63) is 113 Å². The highest BCUT2D eigenvalue weighted by atomic mass is 19.3. The second kappa shape index (κ2) is 22.4. The fraction of sp³-hybridized carbons (Fsp3) is 0.381. The van der Waals surface area contributed by atoms with Gasteiger partial charge in [-0.25, -0.2) is 18.1 Å². The predicted molar refractivity (Wildman–Crippen MR) is 227 cm³/mol. The van der Waals surface area contributed by atoms with Crippen LogP contribution in [0, 0.1) is 5.92 Å². The van der Waals surface area contributed by atoms with Crippen LogP contribution in [0.25, 0.3) is 0 Å². The number of rotatable bonds is 23. The van der Waals surface area contributed by atoms with Crippen LogP contribution in [0.5, 0.6) is 5.75 Å². The molecule has 6 aromatic heterocycles. The zero-order valence-corrected chi connectivity index (χ0v) is 35.8. The van der Waals surface area contributed by atoms with Crippen molar-refractivity contribution in [3.8, 4) is 5.75 Å². The van der Waals surface area contributed by atoms with Gasteiger partial charge < -0.3 is 26.0 Å². The molecule has 4 atom stereocenters. The molecule has 350 valence electrons. The average molecular weight is 929 g/mol. The highest BCUT2D eigenvalue weighted by molar-refractivity contribution is 5.93. The van der Waals surface area contributed by atoms with Crippen LogP contribution in [-0.2, 0) is 48.4 Å². The van der Waals surface area contributed by atoms with Crippen molar-refractivity contribution >= 4 is 35.3 Å². The fourth-order valence-electron chi connectivity index (χ4n) is 6.88. The van der Waals surface area contributed by atoms with Crippen molar-refractivity contribution in [3.63, 3.8) is 0 Å². The first kappa shape index (κ1) is 47.1. The van der Waals surface area contributed by atoms with Gasteiger partial charge >= 0.3 is 6.61 Å². The number of aryl methyl sites for hydroxylation is 2. The Morgan fingerprint density at radius 1 is 0.687 bits per heavy atom. The zero-order chi connectivity index (χ0) is 47.3. The van der Waals surface area contributed by atoms with Gasteiger partial charge in [0.15, 0.2) is 23.0 Å². The van der Waals surface area contributed by atoms with Crippen LogP contribution in [0.2, 0.25) is 0 Å². The Bertz CT molecular complexity index is 2630. The monoisotopic (exact) mass is 928 g/mol. The van der Waals surface area contributed by atoms with Gasteiger partial charge in [-0.15, -0.1) is 20.4 Å². The van der Waals surface area contributed by atoms with Gasteiger partial charge in [-0.2, -0.15) is 19.0 Å². The predicted octanol–water partition coefficient (Wildman–Crippen LogP) is 3.04. The van der Waals surface area contributed by atoms with Crippen molar-refractivity contribution in [1.82, 2.24) is 71.0 Å². The zero-order valence-electron chi connectivity index (χ0n) is 35.8. The molecule has 4 amide bonds. The molecule has 0 aliphatic heterocycles. The number of ether oxygens (including phenoxy) is 1. The van der Waals surface area contributed by atoms with E-state index in [-0.39, 0.29) is 97.4 Å². The largest absolute Gasteiger partial charge is 0.435 e. The first-order chi connectivity index (χ1) is 32.3. The summed E-state index contributed by atoms with van der Waals surface area (Å²) in [4.78, 5) is 58.0. The molecule has 1 aliphatic rings. The summed E-state index contributed by atoms with van der Waals surface area (Å²) in [5.74, 6) is -1.15. The molecule has 1 fully saturated rings. The summed E-state index contributed by atoms with van der Waals surface area (Å²) in [6.45, 7) is -2.86. The molecule has 3 unspecified atom stereocenters. The standard InChI is InChI=1S/C42H44F4N16O5/c1-47-40(65)34-22-61(59-55-34)20-26(43)2-4-28-6-8-36(57-53-28)51-38(63)17-30-14-24(10-12-48-30)33-15-25(33)19-50-41(66)35-23-62(60-56-35)21-27(44)3-5-29-7-9-37(58-54-29)52-39(64)18-31-16-32(11-13-49-31)67-42(45)46/h6-14,16,22-23,25-27,33,42H,2-5,15,17-21H2,1H3,(H,47,65)(H,50,66)(H,51,57,63)(H,52,58,64)/t25?,26-,27?,33?/m1/s1. The van der Waals surface area contributed by atoms with E-state index in [1.54, 1.807) is 24.4 Å². The molecule has 0 radical (unpaired) electrons. The first-order valence-electron chi connectivity index (χ1n) is 21.0. The van der Waals surface area contributed by atoms with E-state index in [1.807, 2.05) is 12.1 Å². The first-order valence-corrected chi connectivity index (χ1v) is 21.0. The summed E-state index contributed by atoms with van der Waals surface area (Å²) in [6.07, 6.45) is 4.34. The number of hydrogen-bond acceptors (Lipinski definition) is 15. The minimum atomic E-state index is -3.01. The van der Waals surface area contributed by atoms with E-state index in [2.05, 4.69) is 77.0 Å². The van der Waals surface area contributed by atoms with Gasteiger partial charge in [0.25, 0.3) is 11.8 Å². The molecular formula is C42H44F4N16O5. The quantitative estimate of drug-likeness (QED) is 0.0673. The Hall–Kier alpha value is -7.86. The minimum Gasteiger partial charge on any atom is -0.435 e.